The van der Waals surface area contributed by atoms with Crippen LogP contribution in [0.2, 0.25) is 0 Å². The van der Waals surface area contributed by atoms with Crippen molar-refractivity contribution in [1.29, 1.82) is 0 Å². The largest absolute Gasteiger partial charge is 0.348 e. The Labute approximate surface area is 170 Å². The lowest BCUT2D eigenvalue weighted by Gasteiger charge is -2.25. The molecule has 1 N–H and O–H groups in total. The van der Waals surface area contributed by atoms with E-state index in [0.717, 1.165) is 41.6 Å². The first-order chi connectivity index (χ1) is 13.7. The normalized spacial score (nSPS) is 14.1. The van der Waals surface area contributed by atoms with Crippen molar-refractivity contribution >= 4 is 28.1 Å². The van der Waals surface area contributed by atoms with E-state index in [4.69, 9.17) is 4.98 Å². The highest BCUT2D eigenvalue weighted by atomic mass is 32.1. The number of carbonyl (C=O) groups excluding carboxylic acids is 1. The summed E-state index contributed by atoms with van der Waals surface area (Å²) in [7, 11) is 0. The molecule has 1 aromatic heterocycles. The van der Waals surface area contributed by atoms with Crippen LogP contribution in [0.3, 0.4) is 0 Å². The number of amides is 1. The van der Waals surface area contributed by atoms with E-state index in [-0.39, 0.29) is 5.91 Å². The molecule has 0 atom stereocenters. The second kappa shape index (κ2) is 8.57. The SMILES string of the molecule is CCc1ccc(C(=O)Nc2cccc(-c3csc(N4CCCCC4)n3)c2)cc1. The Bertz CT molecular complexity index is 942. The molecule has 1 amide bonds. The van der Waals surface area contributed by atoms with Gasteiger partial charge in [0.05, 0.1) is 5.69 Å². The molecule has 0 unspecified atom stereocenters. The zero-order chi connectivity index (χ0) is 19.3. The highest BCUT2D eigenvalue weighted by Crippen LogP contribution is 2.30. The highest BCUT2D eigenvalue weighted by molar-refractivity contribution is 7.14. The van der Waals surface area contributed by atoms with E-state index in [0.29, 0.717) is 5.56 Å². The zero-order valence-electron chi connectivity index (χ0n) is 16.1. The summed E-state index contributed by atoms with van der Waals surface area (Å²) in [5.74, 6) is -0.0907. The van der Waals surface area contributed by atoms with Gasteiger partial charge < -0.3 is 10.2 Å². The highest BCUT2D eigenvalue weighted by Gasteiger charge is 2.15. The summed E-state index contributed by atoms with van der Waals surface area (Å²) in [5, 5.41) is 6.21. The van der Waals surface area contributed by atoms with Gasteiger partial charge >= 0.3 is 0 Å². The number of benzene rings is 2. The lowest BCUT2D eigenvalue weighted by Crippen LogP contribution is -2.29. The third-order valence-electron chi connectivity index (χ3n) is 5.16. The summed E-state index contributed by atoms with van der Waals surface area (Å²) in [5.41, 5.74) is 4.68. The second-order valence-corrected chi connectivity index (χ2v) is 7.98. The zero-order valence-corrected chi connectivity index (χ0v) is 17.0. The molecular weight excluding hydrogens is 366 g/mol. The van der Waals surface area contributed by atoms with Crippen LogP contribution in [0.25, 0.3) is 11.3 Å². The standard InChI is InChI=1S/C23H25N3OS/c1-2-17-9-11-18(12-10-17)22(27)24-20-8-6-7-19(15-20)21-16-28-23(25-21)26-13-4-3-5-14-26/h6-12,15-16H,2-5,13-14H2,1H3,(H,24,27). The molecule has 2 aromatic carbocycles. The summed E-state index contributed by atoms with van der Waals surface area (Å²) >= 11 is 1.70. The number of hydrogen-bond donors (Lipinski definition) is 1. The Morgan fingerprint density at radius 2 is 1.89 bits per heavy atom. The lowest BCUT2D eigenvalue weighted by atomic mass is 10.1. The first-order valence-electron chi connectivity index (χ1n) is 9.94. The molecule has 144 valence electrons. The van der Waals surface area contributed by atoms with Crippen LogP contribution in [-0.4, -0.2) is 24.0 Å². The molecule has 4 nitrogen and oxygen atoms in total. The van der Waals surface area contributed by atoms with Gasteiger partial charge in [0.1, 0.15) is 0 Å². The van der Waals surface area contributed by atoms with Crippen molar-refractivity contribution in [2.45, 2.75) is 32.6 Å². The number of nitrogens with zero attached hydrogens (tertiary/aromatic N) is 2. The number of rotatable bonds is 5. The average Bonchev–Trinajstić information content (AvgIpc) is 3.25. The topological polar surface area (TPSA) is 45.2 Å². The Kier molecular flexibility index (Phi) is 5.72. The summed E-state index contributed by atoms with van der Waals surface area (Å²) in [6.45, 7) is 4.30. The van der Waals surface area contributed by atoms with Gasteiger partial charge in [-0.25, -0.2) is 4.98 Å². The van der Waals surface area contributed by atoms with Crippen molar-refractivity contribution in [3.8, 4) is 11.3 Å². The van der Waals surface area contributed by atoms with Gasteiger partial charge in [0, 0.05) is 35.3 Å². The number of nitrogens with one attached hydrogen (secondary N) is 1. The van der Waals surface area contributed by atoms with Gasteiger partial charge in [-0.3, -0.25) is 4.79 Å². The van der Waals surface area contributed by atoms with E-state index >= 15 is 0 Å². The van der Waals surface area contributed by atoms with Crippen molar-refractivity contribution < 1.29 is 4.79 Å². The number of carbonyl (C=O) groups is 1. The Morgan fingerprint density at radius 3 is 2.64 bits per heavy atom. The van der Waals surface area contributed by atoms with E-state index < -0.39 is 0 Å². The van der Waals surface area contributed by atoms with Gasteiger partial charge in [0.25, 0.3) is 5.91 Å². The Hall–Kier alpha value is -2.66. The van der Waals surface area contributed by atoms with Crippen LogP contribution in [0.4, 0.5) is 10.8 Å². The third kappa shape index (κ3) is 4.25. The third-order valence-corrected chi connectivity index (χ3v) is 6.06. The molecule has 1 saturated heterocycles. The van der Waals surface area contributed by atoms with Crippen molar-refractivity contribution in [2.75, 3.05) is 23.3 Å². The smallest absolute Gasteiger partial charge is 0.255 e. The van der Waals surface area contributed by atoms with Gasteiger partial charge in [-0.15, -0.1) is 11.3 Å². The van der Waals surface area contributed by atoms with Crippen LogP contribution in [0.5, 0.6) is 0 Å². The number of aryl methyl sites for hydroxylation is 1. The molecule has 2 heterocycles. The van der Waals surface area contributed by atoms with Crippen LogP contribution in [0.15, 0.2) is 53.9 Å². The minimum Gasteiger partial charge on any atom is -0.348 e. The van der Waals surface area contributed by atoms with Gasteiger partial charge in [0.2, 0.25) is 0 Å². The molecule has 0 aliphatic carbocycles. The molecule has 4 rings (SSSR count). The molecule has 1 aliphatic rings. The molecule has 0 bridgehead atoms. The minimum atomic E-state index is -0.0907. The van der Waals surface area contributed by atoms with Gasteiger partial charge in [0.15, 0.2) is 5.13 Å². The van der Waals surface area contributed by atoms with E-state index in [9.17, 15) is 4.79 Å². The fourth-order valence-corrected chi connectivity index (χ4v) is 4.37. The molecular formula is C23H25N3OS. The van der Waals surface area contributed by atoms with Crippen LogP contribution < -0.4 is 10.2 Å². The van der Waals surface area contributed by atoms with Crippen molar-refractivity contribution in [2.24, 2.45) is 0 Å². The van der Waals surface area contributed by atoms with Crippen LogP contribution in [-0.2, 0) is 6.42 Å². The van der Waals surface area contributed by atoms with Crippen LogP contribution in [0.1, 0.15) is 42.1 Å². The summed E-state index contributed by atoms with van der Waals surface area (Å²) in [6, 6.07) is 15.7. The first kappa shape index (κ1) is 18.7. The summed E-state index contributed by atoms with van der Waals surface area (Å²) in [6.07, 6.45) is 4.78. The van der Waals surface area contributed by atoms with Gasteiger partial charge in [-0.2, -0.15) is 0 Å². The molecule has 0 saturated carbocycles. The van der Waals surface area contributed by atoms with Crippen molar-refractivity contribution in [3.05, 3.63) is 65.0 Å². The van der Waals surface area contributed by atoms with E-state index in [1.807, 2.05) is 48.5 Å². The van der Waals surface area contributed by atoms with Crippen LogP contribution >= 0.6 is 11.3 Å². The molecule has 28 heavy (non-hydrogen) atoms. The number of thiazole rings is 1. The van der Waals surface area contributed by atoms with Gasteiger partial charge in [-0.1, -0.05) is 31.2 Å². The maximum absolute atomic E-state index is 12.5. The molecule has 3 aromatic rings. The lowest BCUT2D eigenvalue weighted by molar-refractivity contribution is 0.102. The average molecular weight is 392 g/mol. The molecule has 1 fully saturated rings. The second-order valence-electron chi connectivity index (χ2n) is 7.15. The number of anilines is 2. The fourth-order valence-electron chi connectivity index (χ4n) is 3.48. The molecule has 0 spiro atoms. The monoisotopic (exact) mass is 391 g/mol. The Morgan fingerprint density at radius 1 is 1.11 bits per heavy atom. The maximum Gasteiger partial charge on any atom is 0.255 e. The van der Waals surface area contributed by atoms with E-state index in [2.05, 4.69) is 22.5 Å². The van der Waals surface area contributed by atoms with Crippen LogP contribution in [0, 0.1) is 0 Å². The number of hydrogen-bond acceptors (Lipinski definition) is 4. The maximum atomic E-state index is 12.5. The summed E-state index contributed by atoms with van der Waals surface area (Å²) in [4.78, 5) is 19.8. The molecule has 5 heteroatoms. The number of aromatic nitrogens is 1. The molecule has 0 radical (unpaired) electrons. The van der Waals surface area contributed by atoms with E-state index in [1.165, 1.54) is 24.8 Å². The fraction of sp³-hybridized carbons (Fsp3) is 0.304. The minimum absolute atomic E-state index is 0.0907. The molecule has 1 aliphatic heterocycles. The van der Waals surface area contributed by atoms with Gasteiger partial charge in [-0.05, 0) is 55.5 Å². The predicted octanol–water partition coefficient (Wildman–Crippen LogP) is 5.62. The van der Waals surface area contributed by atoms with Crippen molar-refractivity contribution in [3.63, 3.8) is 0 Å². The summed E-state index contributed by atoms with van der Waals surface area (Å²) < 4.78 is 0. The van der Waals surface area contributed by atoms with Crippen molar-refractivity contribution in [1.82, 2.24) is 4.98 Å². The predicted molar refractivity (Wildman–Crippen MR) is 117 cm³/mol. The van der Waals surface area contributed by atoms with E-state index in [1.54, 1.807) is 11.3 Å². The quantitative estimate of drug-likeness (QED) is 0.614. The Balaban J connectivity index is 1.48. The number of piperidine rings is 1. The first-order valence-corrected chi connectivity index (χ1v) is 10.8.